The minimum atomic E-state index is -1.27. The third-order valence-corrected chi connectivity index (χ3v) is 11.2. The third kappa shape index (κ3) is 7.71. The number of anilines is 2. The lowest BCUT2D eigenvalue weighted by Gasteiger charge is -2.42. The van der Waals surface area contributed by atoms with Crippen LogP contribution >= 0.6 is 0 Å². The Morgan fingerprint density at radius 1 is 1.04 bits per heavy atom. The van der Waals surface area contributed by atoms with Crippen molar-refractivity contribution >= 4 is 45.9 Å². The number of piperazine rings is 1. The molecule has 0 radical (unpaired) electrons. The molecule has 2 aliphatic rings. The van der Waals surface area contributed by atoms with Crippen molar-refractivity contribution in [1.82, 2.24) is 29.6 Å². The fraction of sp³-hybridized carbons (Fsp3) is 0.415. The van der Waals surface area contributed by atoms with Crippen LogP contribution in [-0.4, -0.2) is 86.8 Å². The topological polar surface area (TPSA) is 161 Å². The molecule has 4 heterocycles. The number of fused-ring (bicyclic) bond motifs is 2. The second kappa shape index (κ2) is 15.8. The van der Waals surface area contributed by atoms with Crippen molar-refractivity contribution in [1.29, 1.82) is 5.26 Å². The largest absolute Gasteiger partial charge is 0.386 e. The summed E-state index contributed by atoms with van der Waals surface area (Å²) in [5, 5.41) is 35.7. The summed E-state index contributed by atoms with van der Waals surface area (Å²) < 4.78 is 34.1. The molecule has 1 saturated carbocycles. The molecule has 0 bridgehead atoms. The zero-order valence-electron chi connectivity index (χ0n) is 31.6. The Bertz CT molecular complexity index is 2300. The zero-order chi connectivity index (χ0) is 39.7. The Morgan fingerprint density at radius 2 is 1.73 bits per heavy atom. The van der Waals surface area contributed by atoms with Gasteiger partial charge < -0.3 is 25.4 Å². The van der Waals surface area contributed by atoms with Gasteiger partial charge in [-0.05, 0) is 88.4 Å². The Hall–Kier alpha value is -5.72. The van der Waals surface area contributed by atoms with Crippen LogP contribution in [0.1, 0.15) is 91.5 Å². The minimum absolute atomic E-state index is 0.0209. The summed E-state index contributed by atoms with van der Waals surface area (Å²) >= 11 is 0. The maximum atomic E-state index is 15.3. The van der Waals surface area contributed by atoms with E-state index in [0.717, 1.165) is 44.2 Å². The van der Waals surface area contributed by atoms with E-state index in [9.17, 15) is 24.8 Å². The van der Waals surface area contributed by atoms with Crippen LogP contribution < -0.4 is 15.5 Å². The SMILES string of the molecule is CNC(=O)[C@H](CCC=O)c1c(F)cc(N2CCN(C3CCC(n4cc5cc(NC(=O)c6ccc7cc(C#N)cnn67)c(C(C)(C)O)cc5n4)CC3)CC2)cc1F. The molecule has 15 heteroatoms. The number of halogens is 2. The summed E-state index contributed by atoms with van der Waals surface area (Å²) in [4.78, 5) is 41.2. The monoisotopic (exact) mass is 765 g/mol. The number of aromatic nitrogens is 4. The Morgan fingerprint density at radius 3 is 2.38 bits per heavy atom. The van der Waals surface area contributed by atoms with Crippen molar-refractivity contribution in [3.05, 3.63) is 88.9 Å². The van der Waals surface area contributed by atoms with Crippen LogP contribution in [0, 0.1) is 23.0 Å². The quantitative estimate of drug-likeness (QED) is 0.149. The molecule has 1 atom stereocenters. The van der Waals surface area contributed by atoms with Crippen molar-refractivity contribution in [2.45, 2.75) is 76.0 Å². The molecule has 3 N–H and O–H groups in total. The maximum absolute atomic E-state index is 15.3. The van der Waals surface area contributed by atoms with Crippen LogP contribution in [0.25, 0.3) is 16.4 Å². The Balaban J connectivity index is 0.991. The number of nitrogens with zero attached hydrogens (tertiary/aromatic N) is 7. The van der Waals surface area contributed by atoms with Gasteiger partial charge in [0.05, 0.1) is 40.4 Å². The Kier molecular flexibility index (Phi) is 10.9. The molecule has 1 aliphatic carbocycles. The first-order valence-electron chi connectivity index (χ1n) is 19.0. The van der Waals surface area contributed by atoms with Crippen molar-refractivity contribution in [3.8, 4) is 6.07 Å². The number of hydrogen-bond donors (Lipinski definition) is 3. The van der Waals surface area contributed by atoms with Crippen molar-refractivity contribution in [2.24, 2.45) is 0 Å². The first-order chi connectivity index (χ1) is 26.9. The minimum Gasteiger partial charge on any atom is -0.386 e. The van der Waals surface area contributed by atoms with Crippen LogP contribution in [-0.2, 0) is 15.2 Å². The molecule has 56 heavy (non-hydrogen) atoms. The van der Waals surface area contributed by atoms with Gasteiger partial charge in [-0.15, -0.1) is 0 Å². The van der Waals surface area contributed by atoms with Crippen LogP contribution in [0.2, 0.25) is 0 Å². The lowest BCUT2D eigenvalue weighted by atomic mass is 9.90. The molecular weight excluding hydrogens is 721 g/mol. The molecule has 1 aliphatic heterocycles. The molecule has 292 valence electrons. The lowest BCUT2D eigenvalue weighted by Crippen LogP contribution is -2.51. The zero-order valence-corrected chi connectivity index (χ0v) is 31.6. The Labute approximate surface area is 322 Å². The number of rotatable bonds is 11. The number of likely N-dealkylation sites (N-methyl/N-ethyl adjacent to an activating group) is 1. The molecule has 0 spiro atoms. The molecule has 2 amide bonds. The predicted molar refractivity (Wildman–Crippen MR) is 206 cm³/mol. The number of hydrogen-bond acceptors (Lipinski definition) is 9. The van der Waals surface area contributed by atoms with Gasteiger partial charge in [-0.1, -0.05) is 0 Å². The van der Waals surface area contributed by atoms with E-state index in [-0.39, 0.29) is 30.1 Å². The van der Waals surface area contributed by atoms with Crippen molar-refractivity contribution < 1.29 is 28.3 Å². The summed E-state index contributed by atoms with van der Waals surface area (Å²) in [5.74, 6) is -3.60. The van der Waals surface area contributed by atoms with Crippen LogP contribution in [0.3, 0.4) is 0 Å². The highest BCUT2D eigenvalue weighted by molar-refractivity contribution is 6.05. The number of aliphatic hydroxyl groups is 1. The van der Waals surface area contributed by atoms with Gasteiger partial charge in [0, 0.05) is 79.8 Å². The third-order valence-electron chi connectivity index (χ3n) is 11.2. The molecule has 5 aromatic rings. The smallest absolute Gasteiger partial charge is 0.274 e. The van der Waals surface area contributed by atoms with E-state index in [1.165, 1.54) is 29.9 Å². The normalized spacial score (nSPS) is 18.5. The number of amides is 2. The van der Waals surface area contributed by atoms with Gasteiger partial charge >= 0.3 is 0 Å². The summed E-state index contributed by atoms with van der Waals surface area (Å²) in [6.07, 6.45) is 7.83. The number of carbonyl (C=O) groups excluding carboxylic acids is 3. The highest BCUT2D eigenvalue weighted by atomic mass is 19.1. The van der Waals surface area contributed by atoms with Gasteiger partial charge in [-0.2, -0.15) is 15.5 Å². The second-order valence-corrected chi connectivity index (χ2v) is 15.2. The highest BCUT2D eigenvalue weighted by Gasteiger charge is 2.32. The van der Waals surface area contributed by atoms with E-state index in [4.69, 9.17) is 5.10 Å². The number of nitrogens with one attached hydrogen (secondary N) is 2. The van der Waals surface area contributed by atoms with E-state index < -0.39 is 35.0 Å². The molecule has 13 nitrogen and oxygen atoms in total. The van der Waals surface area contributed by atoms with Gasteiger partial charge in [0.1, 0.15) is 29.7 Å². The van der Waals surface area contributed by atoms with E-state index in [0.29, 0.717) is 59.0 Å². The molecular formula is C41H45F2N9O4. The summed E-state index contributed by atoms with van der Waals surface area (Å²) in [6, 6.07) is 13.9. The van der Waals surface area contributed by atoms with Gasteiger partial charge in [0.15, 0.2) is 0 Å². The second-order valence-electron chi connectivity index (χ2n) is 15.2. The van der Waals surface area contributed by atoms with Gasteiger partial charge in [0.25, 0.3) is 5.91 Å². The van der Waals surface area contributed by atoms with E-state index in [1.54, 1.807) is 32.0 Å². The van der Waals surface area contributed by atoms with Gasteiger partial charge in [-0.3, -0.25) is 19.2 Å². The predicted octanol–water partition coefficient (Wildman–Crippen LogP) is 5.43. The molecule has 2 aromatic carbocycles. The summed E-state index contributed by atoms with van der Waals surface area (Å²) in [5.41, 5.74) is 1.85. The number of benzene rings is 2. The molecule has 0 unspecified atom stereocenters. The van der Waals surface area contributed by atoms with Crippen molar-refractivity contribution in [3.63, 3.8) is 0 Å². The van der Waals surface area contributed by atoms with Crippen LogP contribution in [0.15, 0.2) is 54.9 Å². The first-order valence-corrected chi connectivity index (χ1v) is 19.0. The molecule has 1 saturated heterocycles. The van der Waals surface area contributed by atoms with E-state index in [2.05, 4.69) is 26.7 Å². The average Bonchev–Trinajstić information content (AvgIpc) is 3.82. The van der Waals surface area contributed by atoms with E-state index in [1.807, 2.05) is 27.9 Å². The molecule has 7 rings (SSSR count). The molecule has 2 fully saturated rings. The highest BCUT2D eigenvalue weighted by Crippen LogP contribution is 2.37. The van der Waals surface area contributed by atoms with Crippen molar-refractivity contribution in [2.75, 3.05) is 43.4 Å². The number of aldehydes is 1. The average molecular weight is 766 g/mol. The number of carbonyl (C=O) groups is 3. The fourth-order valence-electron chi connectivity index (χ4n) is 8.24. The fourth-order valence-corrected chi connectivity index (χ4v) is 8.24. The van der Waals surface area contributed by atoms with Crippen LogP contribution in [0.4, 0.5) is 20.2 Å². The van der Waals surface area contributed by atoms with Gasteiger partial charge in [0.2, 0.25) is 5.91 Å². The molecule has 3 aromatic heterocycles. The van der Waals surface area contributed by atoms with Crippen LogP contribution in [0.5, 0.6) is 0 Å². The maximum Gasteiger partial charge on any atom is 0.274 e. The van der Waals surface area contributed by atoms with E-state index >= 15 is 8.78 Å². The summed E-state index contributed by atoms with van der Waals surface area (Å²) in [7, 11) is 1.40. The number of nitriles is 1. The standard InChI is InChI=1S/C41H45F2N9O4/c1-41(2,56)32-21-35-26(18-36(32)47-40(55)37-11-10-29-17-25(22-44)23-46-52(29)37)24-51(48-35)28-8-6-27(7-9-28)49-12-14-50(15-13-49)30-19-33(42)38(34(43)20-30)31(5-4-16-53)39(54)45-3/h10-11,16-21,23-24,27-28,31,56H,4-9,12-15H2,1-3H3,(H,45,54)(H,47,55)/t27?,28?,31-/m1/s1. The first kappa shape index (κ1) is 38.6. The summed E-state index contributed by atoms with van der Waals surface area (Å²) in [6.45, 7) is 6.03. The lowest BCUT2D eigenvalue weighted by molar-refractivity contribution is -0.122. The van der Waals surface area contributed by atoms with Gasteiger partial charge in [-0.25, -0.2) is 13.3 Å².